The number of benzene rings is 1. The lowest BCUT2D eigenvalue weighted by Crippen LogP contribution is -2.01. The van der Waals surface area contributed by atoms with E-state index in [0.29, 0.717) is 19.1 Å². The van der Waals surface area contributed by atoms with Crippen molar-refractivity contribution in [2.24, 2.45) is 0 Å². The predicted octanol–water partition coefficient (Wildman–Crippen LogP) is 4.46. The van der Waals surface area contributed by atoms with E-state index in [1.807, 2.05) is 36.6 Å². The molecule has 2 nitrogen and oxygen atoms in total. The molecule has 1 heterocycles. The van der Waals surface area contributed by atoms with Crippen molar-refractivity contribution in [2.45, 2.75) is 19.4 Å². The minimum Gasteiger partial charge on any atom is -0.490 e. The van der Waals surface area contributed by atoms with Gasteiger partial charge in [0, 0.05) is 5.56 Å². The van der Waals surface area contributed by atoms with Crippen molar-refractivity contribution in [3.63, 3.8) is 0 Å². The largest absolute Gasteiger partial charge is 0.490 e. The quantitative estimate of drug-likeness (QED) is 0.728. The Morgan fingerprint density at radius 3 is 2.78 bits per heavy atom. The number of ether oxygens (including phenoxy) is 2. The summed E-state index contributed by atoms with van der Waals surface area (Å²) >= 11 is 7.59. The summed E-state index contributed by atoms with van der Waals surface area (Å²) in [6.07, 6.45) is 0. The molecule has 1 aromatic carbocycles. The maximum absolute atomic E-state index is 5.93. The molecule has 0 N–H and O–H groups in total. The molecule has 18 heavy (non-hydrogen) atoms. The highest BCUT2D eigenvalue weighted by atomic mass is 35.5. The molecular weight excluding hydrogens is 268 g/mol. The van der Waals surface area contributed by atoms with Gasteiger partial charge in [0.15, 0.2) is 11.5 Å². The molecule has 0 aliphatic heterocycles. The van der Waals surface area contributed by atoms with Gasteiger partial charge in [-0.3, -0.25) is 0 Å². The van der Waals surface area contributed by atoms with E-state index in [2.05, 4.69) is 5.38 Å². The summed E-state index contributed by atoms with van der Waals surface area (Å²) in [5, 5.41) is 4.11. The van der Waals surface area contributed by atoms with Crippen molar-refractivity contribution in [3.8, 4) is 11.5 Å². The van der Waals surface area contributed by atoms with Gasteiger partial charge in [-0.05, 0) is 35.4 Å². The normalized spacial score (nSPS) is 10.3. The van der Waals surface area contributed by atoms with Crippen LogP contribution >= 0.6 is 22.9 Å². The van der Waals surface area contributed by atoms with Crippen LogP contribution in [0.3, 0.4) is 0 Å². The number of para-hydroxylation sites is 1. The summed E-state index contributed by atoms with van der Waals surface area (Å²) in [6, 6.07) is 7.84. The van der Waals surface area contributed by atoms with Crippen LogP contribution in [0.5, 0.6) is 11.5 Å². The van der Waals surface area contributed by atoms with E-state index in [1.54, 1.807) is 11.3 Å². The molecule has 0 unspecified atom stereocenters. The lowest BCUT2D eigenvalue weighted by atomic mass is 10.2. The first-order valence-electron chi connectivity index (χ1n) is 5.79. The van der Waals surface area contributed by atoms with E-state index >= 15 is 0 Å². The monoisotopic (exact) mass is 282 g/mol. The van der Waals surface area contributed by atoms with Gasteiger partial charge < -0.3 is 9.47 Å². The van der Waals surface area contributed by atoms with Gasteiger partial charge in [-0.2, -0.15) is 11.3 Å². The van der Waals surface area contributed by atoms with Crippen LogP contribution in [0.25, 0.3) is 0 Å². The van der Waals surface area contributed by atoms with Gasteiger partial charge in [0.2, 0.25) is 0 Å². The van der Waals surface area contributed by atoms with Crippen LogP contribution in [0, 0.1) is 0 Å². The van der Waals surface area contributed by atoms with Gasteiger partial charge in [0.05, 0.1) is 12.5 Å². The molecular formula is C14H15ClO2S. The first-order valence-corrected chi connectivity index (χ1v) is 7.27. The first-order chi connectivity index (χ1) is 8.85. The topological polar surface area (TPSA) is 18.5 Å². The SMILES string of the molecule is CCOc1cccc(CCl)c1OCc1ccsc1. The number of hydrogen-bond acceptors (Lipinski definition) is 3. The van der Waals surface area contributed by atoms with E-state index in [0.717, 1.165) is 22.6 Å². The molecule has 1 aromatic heterocycles. The average molecular weight is 283 g/mol. The third-order valence-electron chi connectivity index (χ3n) is 2.47. The Morgan fingerprint density at radius 2 is 2.11 bits per heavy atom. The number of hydrogen-bond donors (Lipinski definition) is 0. The molecule has 0 atom stereocenters. The second-order valence-corrected chi connectivity index (χ2v) is 4.78. The Kier molecular flexibility index (Phi) is 4.90. The zero-order valence-corrected chi connectivity index (χ0v) is 11.8. The number of halogens is 1. The number of alkyl halides is 1. The fourth-order valence-electron chi connectivity index (χ4n) is 1.63. The molecule has 0 amide bonds. The molecule has 0 aliphatic rings. The fourth-order valence-corrected chi connectivity index (χ4v) is 2.49. The van der Waals surface area contributed by atoms with E-state index in [4.69, 9.17) is 21.1 Å². The van der Waals surface area contributed by atoms with Gasteiger partial charge in [0.25, 0.3) is 0 Å². The Hall–Kier alpha value is -1.19. The minimum absolute atomic E-state index is 0.417. The third-order valence-corrected chi connectivity index (χ3v) is 3.49. The maximum atomic E-state index is 5.93. The van der Waals surface area contributed by atoms with Gasteiger partial charge in [-0.25, -0.2) is 0 Å². The second-order valence-electron chi connectivity index (χ2n) is 3.73. The Balaban J connectivity index is 2.18. The van der Waals surface area contributed by atoms with Crippen LogP contribution in [0.1, 0.15) is 18.1 Å². The zero-order chi connectivity index (χ0) is 12.8. The lowest BCUT2D eigenvalue weighted by molar-refractivity contribution is 0.267. The summed E-state index contributed by atoms with van der Waals surface area (Å²) in [6.45, 7) is 3.11. The lowest BCUT2D eigenvalue weighted by Gasteiger charge is -2.14. The highest BCUT2D eigenvalue weighted by molar-refractivity contribution is 7.07. The van der Waals surface area contributed by atoms with Gasteiger partial charge in [-0.15, -0.1) is 11.6 Å². The standard InChI is InChI=1S/C14H15ClO2S/c1-2-16-13-5-3-4-12(8-15)14(13)17-9-11-6-7-18-10-11/h3-7,10H,2,8-9H2,1H3. The van der Waals surface area contributed by atoms with Crippen LogP contribution in [0.4, 0.5) is 0 Å². The van der Waals surface area contributed by atoms with Crippen LogP contribution in [0.15, 0.2) is 35.0 Å². The van der Waals surface area contributed by atoms with Crippen molar-refractivity contribution in [1.29, 1.82) is 0 Å². The average Bonchev–Trinajstić information content (AvgIpc) is 2.90. The molecule has 0 bridgehead atoms. The van der Waals surface area contributed by atoms with Crippen molar-refractivity contribution in [3.05, 3.63) is 46.2 Å². The van der Waals surface area contributed by atoms with Crippen LogP contribution in [-0.4, -0.2) is 6.61 Å². The smallest absolute Gasteiger partial charge is 0.166 e. The summed E-state index contributed by atoms with van der Waals surface area (Å²) in [5.74, 6) is 1.92. The van der Waals surface area contributed by atoms with Crippen molar-refractivity contribution >= 4 is 22.9 Å². The van der Waals surface area contributed by atoms with E-state index in [-0.39, 0.29) is 0 Å². The number of rotatable bonds is 6. The molecule has 4 heteroatoms. The van der Waals surface area contributed by atoms with Crippen LogP contribution in [-0.2, 0) is 12.5 Å². The summed E-state index contributed by atoms with van der Waals surface area (Å²) in [5.41, 5.74) is 2.12. The zero-order valence-electron chi connectivity index (χ0n) is 10.2. The Labute approximate surface area is 116 Å². The highest BCUT2D eigenvalue weighted by Gasteiger charge is 2.10. The second kappa shape index (κ2) is 6.66. The molecule has 0 saturated carbocycles. The summed E-state index contributed by atoms with van der Waals surface area (Å²) in [7, 11) is 0. The maximum Gasteiger partial charge on any atom is 0.166 e. The van der Waals surface area contributed by atoms with Gasteiger partial charge >= 0.3 is 0 Å². The van der Waals surface area contributed by atoms with Crippen molar-refractivity contribution in [1.82, 2.24) is 0 Å². The predicted molar refractivity (Wildman–Crippen MR) is 75.8 cm³/mol. The van der Waals surface area contributed by atoms with Crippen molar-refractivity contribution < 1.29 is 9.47 Å². The number of thiophene rings is 1. The minimum atomic E-state index is 0.417. The summed E-state index contributed by atoms with van der Waals surface area (Å²) < 4.78 is 11.4. The molecule has 0 aliphatic carbocycles. The summed E-state index contributed by atoms with van der Waals surface area (Å²) in [4.78, 5) is 0. The Morgan fingerprint density at radius 1 is 1.22 bits per heavy atom. The molecule has 0 spiro atoms. The Bertz CT molecular complexity index is 483. The van der Waals surface area contributed by atoms with Crippen LogP contribution < -0.4 is 9.47 Å². The van der Waals surface area contributed by atoms with E-state index < -0.39 is 0 Å². The first kappa shape index (κ1) is 13.2. The van der Waals surface area contributed by atoms with Crippen LogP contribution in [0.2, 0.25) is 0 Å². The highest BCUT2D eigenvalue weighted by Crippen LogP contribution is 2.33. The molecule has 0 fully saturated rings. The van der Waals surface area contributed by atoms with E-state index in [9.17, 15) is 0 Å². The van der Waals surface area contributed by atoms with Gasteiger partial charge in [0.1, 0.15) is 6.61 Å². The fraction of sp³-hybridized carbons (Fsp3) is 0.286. The molecule has 2 aromatic rings. The molecule has 96 valence electrons. The van der Waals surface area contributed by atoms with E-state index in [1.165, 1.54) is 0 Å². The molecule has 0 radical (unpaired) electrons. The van der Waals surface area contributed by atoms with Crippen molar-refractivity contribution in [2.75, 3.05) is 6.61 Å². The van der Waals surface area contributed by atoms with Gasteiger partial charge in [-0.1, -0.05) is 12.1 Å². The molecule has 0 saturated heterocycles. The molecule has 2 rings (SSSR count). The third kappa shape index (κ3) is 3.18.